The van der Waals surface area contributed by atoms with Crippen LogP contribution in [0.2, 0.25) is 0 Å². The first-order valence-corrected chi connectivity index (χ1v) is 18.6. The van der Waals surface area contributed by atoms with E-state index in [2.05, 4.69) is 175 Å². The summed E-state index contributed by atoms with van der Waals surface area (Å²) in [5.74, 6) is 0.276. The molecule has 0 fully saturated rings. The maximum Gasteiger partial charge on any atom is 0.117 e. The van der Waals surface area contributed by atoms with Crippen LogP contribution in [-0.2, 0) is 0 Å². The Morgan fingerprint density at radius 3 is 1.91 bits per heavy atom. The summed E-state index contributed by atoms with van der Waals surface area (Å²) in [5, 5.41) is 6.34. The fraction of sp³-hybridized carbons (Fsp3) is 0.0588. The summed E-state index contributed by atoms with van der Waals surface area (Å²) in [5.41, 5.74) is 19.5. The number of hydrogen-bond acceptors (Lipinski definition) is 0. The molecule has 12 rings (SSSR count). The summed E-state index contributed by atoms with van der Waals surface area (Å²) in [6.07, 6.45) is 9.25. The molecule has 7 aromatic carbocycles. The highest BCUT2D eigenvalue weighted by molar-refractivity contribution is 6.48. The van der Waals surface area contributed by atoms with Crippen molar-refractivity contribution in [3.63, 3.8) is 0 Å². The third kappa shape index (κ3) is 3.83. The molecule has 2 heteroatoms. The van der Waals surface area contributed by atoms with Gasteiger partial charge in [-0.2, -0.15) is 0 Å². The van der Waals surface area contributed by atoms with Gasteiger partial charge in [0.15, 0.2) is 0 Å². The Balaban J connectivity index is 1.34. The van der Waals surface area contributed by atoms with Gasteiger partial charge in [0, 0.05) is 39.3 Å². The molecule has 0 spiro atoms. The number of fused-ring (bicyclic) bond motifs is 5. The Bertz CT molecular complexity index is 3120. The molecule has 53 heavy (non-hydrogen) atoms. The van der Waals surface area contributed by atoms with E-state index in [0.29, 0.717) is 0 Å². The minimum atomic E-state index is 0.107. The van der Waals surface area contributed by atoms with Crippen LogP contribution in [0.25, 0.3) is 93.5 Å². The van der Waals surface area contributed by atoms with Crippen LogP contribution in [0.15, 0.2) is 164 Å². The van der Waals surface area contributed by atoms with Gasteiger partial charge in [0.2, 0.25) is 0 Å². The Morgan fingerprint density at radius 1 is 0.491 bits per heavy atom. The number of aryl methyl sites for hydroxylation is 1. The molecule has 0 saturated heterocycles. The van der Waals surface area contributed by atoms with Gasteiger partial charge in [-0.05, 0) is 103 Å². The maximum absolute atomic E-state index is 7.65. The van der Waals surface area contributed by atoms with Crippen molar-refractivity contribution >= 4 is 56.9 Å². The van der Waals surface area contributed by atoms with Crippen LogP contribution in [0.5, 0.6) is 0 Å². The predicted molar refractivity (Wildman–Crippen MR) is 225 cm³/mol. The lowest BCUT2D eigenvalue weighted by atomic mass is 9.64. The molecule has 4 bridgehead atoms. The summed E-state index contributed by atoms with van der Waals surface area (Å²) in [6, 6.07) is 51.8. The minimum Gasteiger partial charge on any atom is -0.308 e. The Morgan fingerprint density at radius 2 is 1.13 bits per heavy atom. The maximum atomic E-state index is 7.65. The largest absolute Gasteiger partial charge is 0.308 e. The molecule has 0 saturated carbocycles. The lowest BCUT2D eigenvalue weighted by Gasteiger charge is -2.37. The Hall–Kier alpha value is -6.38. The highest BCUT2D eigenvalue weighted by atomic mass is 14.9. The van der Waals surface area contributed by atoms with Crippen molar-refractivity contribution in [2.45, 2.75) is 12.8 Å². The molecule has 0 N–H and O–H groups in total. The third-order valence-electron chi connectivity index (χ3n) is 12.3. The van der Waals surface area contributed by atoms with Gasteiger partial charge < -0.3 is 4.40 Å². The van der Waals surface area contributed by atoms with Gasteiger partial charge in [-0.1, -0.05) is 145 Å². The first-order valence-electron chi connectivity index (χ1n) is 18.6. The van der Waals surface area contributed by atoms with Crippen molar-refractivity contribution in [3.05, 3.63) is 186 Å². The molecule has 0 amide bonds. The lowest BCUT2D eigenvalue weighted by Crippen LogP contribution is -2.22. The smallest absolute Gasteiger partial charge is 0.117 e. The normalized spacial score (nSPS) is 17.0. The highest BCUT2D eigenvalue weighted by Gasteiger charge is 2.40. The zero-order chi connectivity index (χ0) is 34.9. The van der Waals surface area contributed by atoms with Crippen molar-refractivity contribution in [3.8, 4) is 44.5 Å². The van der Waals surface area contributed by atoms with Gasteiger partial charge in [-0.3, -0.25) is 0 Å². The predicted octanol–water partition coefficient (Wildman–Crippen LogP) is 13.0. The number of nitrogens with zero attached hydrogens (tertiary/aromatic N) is 1. The molecular formula is C51H32BN. The van der Waals surface area contributed by atoms with Gasteiger partial charge in [-0.15, -0.1) is 0 Å². The average Bonchev–Trinajstić information content (AvgIpc) is 3.72. The molecule has 2 atom stereocenters. The summed E-state index contributed by atoms with van der Waals surface area (Å²) in [4.78, 5) is 0. The molecule has 1 aliphatic heterocycles. The second kappa shape index (κ2) is 10.6. The van der Waals surface area contributed by atoms with Crippen LogP contribution in [-0.4, -0.2) is 12.2 Å². The number of rotatable bonds is 3. The van der Waals surface area contributed by atoms with E-state index in [9.17, 15) is 0 Å². The molecule has 3 aliphatic rings. The molecule has 1 nitrogen and oxygen atoms in total. The van der Waals surface area contributed by atoms with Crippen molar-refractivity contribution in [2.24, 2.45) is 5.92 Å². The summed E-state index contributed by atoms with van der Waals surface area (Å²) < 4.78 is 2.56. The first kappa shape index (κ1) is 29.2. The van der Waals surface area contributed by atoms with E-state index in [0.717, 1.165) is 11.2 Å². The lowest BCUT2D eigenvalue weighted by molar-refractivity contribution is 0.711. The van der Waals surface area contributed by atoms with Gasteiger partial charge in [0.1, 0.15) is 7.85 Å². The van der Waals surface area contributed by atoms with Gasteiger partial charge >= 0.3 is 0 Å². The van der Waals surface area contributed by atoms with E-state index in [1.165, 1.54) is 105 Å². The van der Waals surface area contributed by atoms with E-state index in [1.54, 1.807) is 0 Å². The number of hydrogen-bond donors (Lipinski definition) is 0. The molecule has 244 valence electrons. The standard InChI is InChI=1S/C51H32BN/c1-29-23-24-32-17-8-9-18-35(32)44(29)38-21-12-22-39-45(38)42-27-33(30-13-4-2-5-14-30)25-40-41-26-34(31-15-6-3-7-16-31)28-43-47-37-20-11-10-19-36(37)46(39)48(52)51(47)53(49(40)42)50(41)43/h2-28,36-37H,1H3. The van der Waals surface area contributed by atoms with Gasteiger partial charge in [0.25, 0.3) is 0 Å². The minimum absolute atomic E-state index is 0.107. The van der Waals surface area contributed by atoms with Gasteiger partial charge in [0.05, 0.1) is 11.0 Å². The van der Waals surface area contributed by atoms with Crippen molar-refractivity contribution in [1.29, 1.82) is 0 Å². The molecule has 2 unspecified atom stereocenters. The van der Waals surface area contributed by atoms with E-state index in [4.69, 9.17) is 7.85 Å². The van der Waals surface area contributed by atoms with Crippen molar-refractivity contribution < 1.29 is 0 Å². The Kier molecular flexibility index (Phi) is 5.84. The monoisotopic (exact) mass is 669 g/mol. The van der Waals surface area contributed by atoms with Crippen molar-refractivity contribution in [2.75, 3.05) is 0 Å². The summed E-state index contributed by atoms with van der Waals surface area (Å²) in [7, 11) is 7.65. The quantitative estimate of drug-likeness (QED) is 0.165. The van der Waals surface area contributed by atoms with Crippen LogP contribution in [0.3, 0.4) is 0 Å². The van der Waals surface area contributed by atoms with Crippen LogP contribution in [0.1, 0.15) is 28.3 Å². The molecule has 3 heterocycles. The number of aromatic nitrogens is 1. The third-order valence-corrected chi connectivity index (χ3v) is 12.3. The second-order valence-electron chi connectivity index (χ2n) is 15.0. The summed E-state index contributed by atoms with van der Waals surface area (Å²) in [6.45, 7) is 2.26. The fourth-order valence-corrected chi connectivity index (χ4v) is 10.1. The highest BCUT2D eigenvalue weighted by Crippen LogP contribution is 2.59. The van der Waals surface area contributed by atoms with Crippen LogP contribution in [0, 0.1) is 12.8 Å². The van der Waals surface area contributed by atoms with Gasteiger partial charge in [-0.25, -0.2) is 0 Å². The van der Waals surface area contributed by atoms with E-state index in [1.807, 2.05) is 0 Å². The molecule has 2 aliphatic carbocycles. The zero-order valence-electron chi connectivity index (χ0n) is 29.3. The van der Waals surface area contributed by atoms with Crippen molar-refractivity contribution in [1.82, 2.24) is 4.40 Å². The fourth-order valence-electron chi connectivity index (χ4n) is 10.1. The van der Waals surface area contributed by atoms with E-state index < -0.39 is 0 Å². The number of benzene rings is 7. The van der Waals surface area contributed by atoms with E-state index in [-0.39, 0.29) is 11.8 Å². The number of allylic oxidation sites excluding steroid dienone is 5. The first-order chi connectivity index (χ1) is 26.2. The second-order valence-corrected chi connectivity index (χ2v) is 15.0. The van der Waals surface area contributed by atoms with Crippen LogP contribution < -0.4 is 0 Å². The Labute approximate surface area is 309 Å². The van der Waals surface area contributed by atoms with E-state index >= 15 is 0 Å². The van der Waals surface area contributed by atoms with Crippen LogP contribution >= 0.6 is 0 Å². The topological polar surface area (TPSA) is 4.41 Å². The average molecular weight is 670 g/mol. The van der Waals surface area contributed by atoms with Crippen LogP contribution in [0.4, 0.5) is 0 Å². The molecule has 2 aromatic heterocycles. The molecule has 9 aromatic rings. The SMILES string of the molecule is [B]C1=C2c3cccc(-c4c(C)ccc5ccccc45)c3-c3cc(-c4ccccc4)cc4c5cc(-c6ccccc6)cc6c(c1n(c34)c65)C1C=CC=CC21. The zero-order valence-corrected chi connectivity index (χ0v) is 29.3. The molecular weight excluding hydrogens is 637 g/mol. The molecule has 2 radical (unpaired) electrons. The summed E-state index contributed by atoms with van der Waals surface area (Å²) >= 11 is 0.